The summed E-state index contributed by atoms with van der Waals surface area (Å²) in [5.41, 5.74) is 6.29. The van der Waals surface area contributed by atoms with E-state index in [4.69, 9.17) is 10.2 Å². The first-order valence-corrected chi connectivity index (χ1v) is 6.78. The molecule has 1 aromatic carbocycles. The standard InChI is InChI=1S/C15H16F3NO/c16-11-3-1-2-10-8-12(20-14(10)11)13(19)9-4-6-15(17,18)7-5-9/h1-3,8-9,13H,4-7,19H2. The van der Waals surface area contributed by atoms with Gasteiger partial charge in [-0.15, -0.1) is 0 Å². The molecule has 0 radical (unpaired) electrons. The number of nitrogens with two attached hydrogens (primary N) is 1. The number of furan rings is 1. The van der Waals surface area contributed by atoms with Crippen LogP contribution in [0.15, 0.2) is 28.7 Å². The molecule has 1 fully saturated rings. The van der Waals surface area contributed by atoms with Gasteiger partial charge in [-0.05, 0) is 30.9 Å². The fourth-order valence-corrected chi connectivity index (χ4v) is 2.87. The number of alkyl halides is 2. The minimum absolute atomic E-state index is 0.0433. The summed E-state index contributed by atoms with van der Waals surface area (Å²) >= 11 is 0. The smallest absolute Gasteiger partial charge is 0.248 e. The lowest BCUT2D eigenvalue weighted by Crippen LogP contribution is -2.30. The second-order valence-electron chi connectivity index (χ2n) is 5.53. The first kappa shape index (κ1) is 13.5. The van der Waals surface area contributed by atoms with E-state index < -0.39 is 17.8 Å². The predicted octanol–water partition coefficient (Wildman–Crippen LogP) is 4.40. The van der Waals surface area contributed by atoms with Crippen molar-refractivity contribution in [3.05, 3.63) is 35.8 Å². The third-order valence-corrected chi connectivity index (χ3v) is 4.11. The highest BCUT2D eigenvalue weighted by molar-refractivity contribution is 5.78. The van der Waals surface area contributed by atoms with E-state index in [-0.39, 0.29) is 24.3 Å². The number of benzene rings is 1. The Morgan fingerprint density at radius 3 is 2.60 bits per heavy atom. The van der Waals surface area contributed by atoms with Gasteiger partial charge in [0.25, 0.3) is 0 Å². The van der Waals surface area contributed by atoms with Crippen LogP contribution in [0, 0.1) is 11.7 Å². The van der Waals surface area contributed by atoms with Crippen molar-refractivity contribution in [1.29, 1.82) is 0 Å². The van der Waals surface area contributed by atoms with Crippen molar-refractivity contribution in [2.24, 2.45) is 11.7 Å². The van der Waals surface area contributed by atoms with Crippen molar-refractivity contribution in [3.8, 4) is 0 Å². The van der Waals surface area contributed by atoms with E-state index in [0.717, 1.165) is 0 Å². The van der Waals surface area contributed by atoms with Crippen LogP contribution in [0.25, 0.3) is 11.0 Å². The number of hydrogen-bond acceptors (Lipinski definition) is 2. The van der Waals surface area contributed by atoms with Crippen LogP contribution in [-0.2, 0) is 0 Å². The monoisotopic (exact) mass is 283 g/mol. The van der Waals surface area contributed by atoms with Gasteiger partial charge in [-0.1, -0.05) is 12.1 Å². The molecule has 0 spiro atoms. The summed E-state index contributed by atoms with van der Waals surface area (Å²) < 4.78 is 45.4. The van der Waals surface area contributed by atoms with Crippen LogP contribution in [0.5, 0.6) is 0 Å². The van der Waals surface area contributed by atoms with Crippen LogP contribution < -0.4 is 5.73 Å². The topological polar surface area (TPSA) is 39.2 Å². The normalized spacial score (nSPS) is 21.2. The molecule has 2 aromatic rings. The highest BCUT2D eigenvalue weighted by Gasteiger charge is 2.37. The van der Waals surface area contributed by atoms with Crippen LogP contribution in [0.4, 0.5) is 13.2 Å². The van der Waals surface area contributed by atoms with Crippen molar-refractivity contribution < 1.29 is 17.6 Å². The molecular weight excluding hydrogens is 267 g/mol. The molecule has 1 saturated carbocycles. The molecule has 0 aliphatic heterocycles. The van der Waals surface area contributed by atoms with Gasteiger partial charge in [-0.3, -0.25) is 0 Å². The van der Waals surface area contributed by atoms with Crippen LogP contribution in [0.2, 0.25) is 0 Å². The van der Waals surface area contributed by atoms with E-state index in [2.05, 4.69) is 0 Å². The lowest BCUT2D eigenvalue weighted by Gasteiger charge is -2.31. The van der Waals surface area contributed by atoms with Gasteiger partial charge in [0, 0.05) is 18.2 Å². The summed E-state index contributed by atoms with van der Waals surface area (Å²) in [5.74, 6) is -2.58. The average Bonchev–Trinajstić information content (AvgIpc) is 2.83. The molecule has 1 unspecified atom stereocenters. The predicted molar refractivity (Wildman–Crippen MR) is 70.0 cm³/mol. The summed E-state index contributed by atoms with van der Waals surface area (Å²) in [6.07, 6.45) is 0.460. The third kappa shape index (κ3) is 2.42. The number of hydrogen-bond donors (Lipinski definition) is 1. The summed E-state index contributed by atoms with van der Waals surface area (Å²) in [6.45, 7) is 0. The van der Waals surface area contributed by atoms with Gasteiger partial charge >= 0.3 is 0 Å². The Morgan fingerprint density at radius 1 is 1.25 bits per heavy atom. The number of rotatable bonds is 2. The van der Waals surface area contributed by atoms with Gasteiger partial charge in [0.15, 0.2) is 11.4 Å². The third-order valence-electron chi connectivity index (χ3n) is 4.11. The maximum atomic E-state index is 13.6. The molecular formula is C15H16F3NO. The molecule has 20 heavy (non-hydrogen) atoms. The van der Waals surface area contributed by atoms with Gasteiger partial charge in [0.2, 0.25) is 5.92 Å². The molecule has 2 nitrogen and oxygen atoms in total. The van der Waals surface area contributed by atoms with E-state index in [1.165, 1.54) is 6.07 Å². The van der Waals surface area contributed by atoms with E-state index in [9.17, 15) is 13.2 Å². The SMILES string of the molecule is NC(c1cc2cccc(F)c2o1)C1CCC(F)(F)CC1. The van der Waals surface area contributed by atoms with Crippen LogP contribution in [0.3, 0.4) is 0 Å². The zero-order chi connectivity index (χ0) is 14.3. The van der Waals surface area contributed by atoms with Crippen molar-refractivity contribution in [2.45, 2.75) is 37.6 Å². The fraction of sp³-hybridized carbons (Fsp3) is 0.467. The molecule has 3 rings (SSSR count). The largest absolute Gasteiger partial charge is 0.456 e. The van der Waals surface area contributed by atoms with Crippen molar-refractivity contribution in [3.63, 3.8) is 0 Å². The van der Waals surface area contributed by atoms with Crippen LogP contribution in [0.1, 0.15) is 37.5 Å². The van der Waals surface area contributed by atoms with Crippen molar-refractivity contribution in [1.82, 2.24) is 0 Å². The van der Waals surface area contributed by atoms with Gasteiger partial charge in [0.1, 0.15) is 5.76 Å². The Bertz CT molecular complexity index is 613. The molecule has 2 N–H and O–H groups in total. The lowest BCUT2D eigenvalue weighted by molar-refractivity contribution is -0.0489. The molecule has 1 aromatic heterocycles. The zero-order valence-corrected chi connectivity index (χ0v) is 10.9. The van der Waals surface area contributed by atoms with E-state index in [1.54, 1.807) is 18.2 Å². The van der Waals surface area contributed by atoms with Gasteiger partial charge in [-0.2, -0.15) is 0 Å². The Hall–Kier alpha value is -1.49. The molecule has 0 saturated heterocycles. The van der Waals surface area contributed by atoms with E-state index >= 15 is 0 Å². The highest BCUT2D eigenvalue weighted by atomic mass is 19.3. The average molecular weight is 283 g/mol. The number of halogens is 3. The summed E-state index contributed by atoms with van der Waals surface area (Å²) in [5, 5.41) is 0.650. The lowest BCUT2D eigenvalue weighted by atomic mass is 9.81. The fourth-order valence-electron chi connectivity index (χ4n) is 2.87. The molecule has 0 amide bonds. The molecule has 1 aliphatic rings. The summed E-state index contributed by atoms with van der Waals surface area (Å²) in [4.78, 5) is 0. The summed E-state index contributed by atoms with van der Waals surface area (Å²) in [7, 11) is 0. The van der Waals surface area contributed by atoms with E-state index in [0.29, 0.717) is 24.0 Å². The molecule has 1 atom stereocenters. The Kier molecular flexibility index (Phi) is 3.24. The number of fused-ring (bicyclic) bond motifs is 1. The molecule has 5 heteroatoms. The molecule has 0 bridgehead atoms. The van der Waals surface area contributed by atoms with Gasteiger partial charge in [-0.25, -0.2) is 13.2 Å². The molecule has 108 valence electrons. The van der Waals surface area contributed by atoms with Crippen molar-refractivity contribution in [2.75, 3.05) is 0 Å². The minimum atomic E-state index is -2.57. The van der Waals surface area contributed by atoms with Crippen molar-refractivity contribution >= 4 is 11.0 Å². The second-order valence-corrected chi connectivity index (χ2v) is 5.53. The maximum Gasteiger partial charge on any atom is 0.248 e. The quantitative estimate of drug-likeness (QED) is 0.887. The number of para-hydroxylation sites is 1. The molecule has 1 heterocycles. The Labute approximate surface area is 114 Å². The summed E-state index contributed by atoms with van der Waals surface area (Å²) in [6, 6.07) is 5.91. The zero-order valence-electron chi connectivity index (χ0n) is 10.9. The van der Waals surface area contributed by atoms with Gasteiger partial charge < -0.3 is 10.2 Å². The van der Waals surface area contributed by atoms with Gasteiger partial charge in [0.05, 0.1) is 6.04 Å². The molecule has 1 aliphatic carbocycles. The van der Waals surface area contributed by atoms with Crippen LogP contribution >= 0.6 is 0 Å². The maximum absolute atomic E-state index is 13.6. The van der Waals surface area contributed by atoms with E-state index in [1.807, 2.05) is 0 Å². The minimum Gasteiger partial charge on any atom is -0.456 e. The first-order chi connectivity index (χ1) is 9.46. The highest BCUT2D eigenvalue weighted by Crippen LogP contribution is 2.41. The Morgan fingerprint density at radius 2 is 1.95 bits per heavy atom. The second kappa shape index (κ2) is 4.81. The Balaban J connectivity index is 1.82. The first-order valence-electron chi connectivity index (χ1n) is 6.78. The van der Waals surface area contributed by atoms with Crippen LogP contribution in [-0.4, -0.2) is 5.92 Å².